The van der Waals surface area contributed by atoms with Crippen LogP contribution in [0.15, 0.2) is 48.5 Å². The van der Waals surface area contributed by atoms with Crippen LogP contribution in [0.4, 0.5) is 18.9 Å². The molecule has 0 bridgehead atoms. The molecule has 0 radical (unpaired) electrons. The van der Waals surface area contributed by atoms with E-state index < -0.39 is 11.3 Å². The summed E-state index contributed by atoms with van der Waals surface area (Å²) in [7, 11) is 0. The lowest BCUT2D eigenvalue weighted by molar-refractivity contribution is -0.384. The highest BCUT2D eigenvalue weighted by Gasteiger charge is 2.31. The molecular formula is C19H20F3N3O3S. The Morgan fingerprint density at radius 3 is 1.93 bits per heavy atom. The molecule has 0 saturated carbocycles. The zero-order chi connectivity index (χ0) is 22.0. The number of benzene rings is 2. The van der Waals surface area contributed by atoms with E-state index in [4.69, 9.17) is 0 Å². The first kappa shape index (κ1) is 24.0. The van der Waals surface area contributed by atoms with Crippen molar-refractivity contribution in [3.05, 3.63) is 58.6 Å². The second-order valence-corrected chi connectivity index (χ2v) is 5.55. The summed E-state index contributed by atoms with van der Waals surface area (Å²) in [4.78, 5) is 14.4. The first-order valence-electron chi connectivity index (χ1n) is 8.76. The van der Waals surface area contributed by atoms with Gasteiger partial charge in [-0.3, -0.25) is 10.1 Å². The van der Waals surface area contributed by atoms with Crippen LogP contribution in [-0.2, 0) is 0 Å². The van der Waals surface area contributed by atoms with Crippen molar-refractivity contribution in [1.29, 1.82) is 0 Å². The predicted molar refractivity (Wildman–Crippen MR) is 107 cm³/mol. The molecule has 0 fully saturated rings. The Hall–Kier alpha value is -3.01. The molecule has 0 amide bonds. The molecule has 0 aliphatic carbocycles. The minimum Gasteiger partial charge on any atom is -0.406 e. The monoisotopic (exact) mass is 427 g/mol. The van der Waals surface area contributed by atoms with Crippen LogP contribution in [0, 0.1) is 10.1 Å². The summed E-state index contributed by atoms with van der Waals surface area (Å²) in [6.07, 6.45) is -4.74. The molecule has 0 unspecified atom stereocenters. The largest absolute Gasteiger partial charge is 0.573 e. The van der Waals surface area contributed by atoms with E-state index in [2.05, 4.69) is 14.1 Å². The van der Waals surface area contributed by atoms with Crippen molar-refractivity contribution >= 4 is 17.2 Å². The number of hydrogen-bond donors (Lipinski definition) is 0. The third kappa shape index (κ3) is 7.15. The highest BCUT2D eigenvalue weighted by Crippen LogP contribution is 2.29. The molecule has 6 nitrogen and oxygen atoms in total. The van der Waals surface area contributed by atoms with E-state index in [9.17, 15) is 23.3 Å². The molecule has 0 aliphatic rings. The fraction of sp³-hybridized carbons (Fsp3) is 0.263. The topological polar surface area (TPSA) is 78.2 Å². The molecule has 156 valence electrons. The maximum Gasteiger partial charge on any atom is 0.573 e. The van der Waals surface area contributed by atoms with Gasteiger partial charge in [0.05, 0.1) is 4.92 Å². The van der Waals surface area contributed by atoms with Crippen LogP contribution in [0.5, 0.6) is 5.75 Å². The number of hydrogen-bond acceptors (Lipinski definition) is 6. The first-order valence-corrected chi connectivity index (χ1v) is 9.54. The quantitative estimate of drug-likeness (QED) is 0.341. The number of ether oxygens (including phenoxy) is 1. The smallest absolute Gasteiger partial charge is 0.406 e. The van der Waals surface area contributed by atoms with E-state index in [1.54, 1.807) is 0 Å². The van der Waals surface area contributed by atoms with Gasteiger partial charge >= 0.3 is 6.36 Å². The second kappa shape index (κ2) is 11.1. The van der Waals surface area contributed by atoms with Crippen molar-refractivity contribution in [3.63, 3.8) is 0 Å². The van der Waals surface area contributed by atoms with E-state index in [-0.39, 0.29) is 11.4 Å². The van der Waals surface area contributed by atoms with Gasteiger partial charge in [0.1, 0.15) is 10.8 Å². The van der Waals surface area contributed by atoms with Gasteiger partial charge in [-0.15, -0.1) is 13.2 Å². The zero-order valence-electron chi connectivity index (χ0n) is 16.2. The van der Waals surface area contributed by atoms with Gasteiger partial charge in [-0.05, 0) is 47.9 Å². The Labute approximate surface area is 170 Å². The summed E-state index contributed by atoms with van der Waals surface area (Å²) >= 11 is 1.07. The lowest BCUT2D eigenvalue weighted by Gasteiger charge is -2.08. The average molecular weight is 427 g/mol. The number of alkyl halides is 3. The first-order chi connectivity index (χ1) is 13.8. The van der Waals surface area contributed by atoms with Gasteiger partial charge in [0, 0.05) is 23.3 Å². The molecule has 10 heteroatoms. The number of halogens is 3. The molecule has 3 rings (SSSR count). The predicted octanol–water partition coefficient (Wildman–Crippen LogP) is 6.73. The van der Waals surface area contributed by atoms with Gasteiger partial charge in [0.2, 0.25) is 0 Å². The molecule has 2 aromatic carbocycles. The number of nitrogens with zero attached hydrogens (tertiary/aromatic N) is 3. The second-order valence-electron chi connectivity index (χ2n) is 4.80. The van der Waals surface area contributed by atoms with E-state index >= 15 is 0 Å². The SMILES string of the molecule is CC.CC.O=[N+]([O-])c1ccc(-c2nsc(-c3ccc(OC(F)(F)F)cc3)n2)cc1. The van der Waals surface area contributed by atoms with Gasteiger partial charge in [-0.25, -0.2) is 4.98 Å². The van der Waals surface area contributed by atoms with Crippen molar-refractivity contribution in [2.24, 2.45) is 0 Å². The summed E-state index contributed by atoms with van der Waals surface area (Å²) in [6, 6.07) is 11.0. The summed E-state index contributed by atoms with van der Waals surface area (Å²) in [6.45, 7) is 8.00. The van der Waals surface area contributed by atoms with E-state index in [1.807, 2.05) is 27.7 Å². The van der Waals surface area contributed by atoms with Crippen LogP contribution < -0.4 is 4.74 Å². The Morgan fingerprint density at radius 2 is 1.45 bits per heavy atom. The van der Waals surface area contributed by atoms with Crippen LogP contribution in [0.25, 0.3) is 22.0 Å². The van der Waals surface area contributed by atoms with Crippen LogP contribution >= 0.6 is 11.5 Å². The number of nitro groups is 1. The Morgan fingerprint density at radius 1 is 0.931 bits per heavy atom. The van der Waals surface area contributed by atoms with Crippen molar-refractivity contribution in [3.8, 4) is 27.7 Å². The van der Waals surface area contributed by atoms with E-state index in [0.717, 1.165) is 11.5 Å². The van der Waals surface area contributed by atoms with Crippen LogP contribution in [0.2, 0.25) is 0 Å². The minimum absolute atomic E-state index is 0.0422. The highest BCUT2D eigenvalue weighted by atomic mass is 32.1. The molecule has 0 N–H and O–H groups in total. The molecular weight excluding hydrogens is 407 g/mol. The van der Waals surface area contributed by atoms with Crippen molar-refractivity contribution < 1.29 is 22.8 Å². The fourth-order valence-electron chi connectivity index (χ4n) is 1.99. The number of rotatable bonds is 4. The molecule has 0 atom stereocenters. The lowest BCUT2D eigenvalue weighted by Crippen LogP contribution is -2.16. The van der Waals surface area contributed by atoms with Gasteiger partial charge in [-0.2, -0.15) is 4.37 Å². The normalized spacial score (nSPS) is 10.2. The Balaban J connectivity index is 0.000000989. The molecule has 29 heavy (non-hydrogen) atoms. The highest BCUT2D eigenvalue weighted by molar-refractivity contribution is 7.09. The van der Waals surface area contributed by atoms with Crippen LogP contribution in [0.3, 0.4) is 0 Å². The average Bonchev–Trinajstić information content (AvgIpc) is 3.21. The molecule has 1 heterocycles. The molecule has 0 saturated heterocycles. The third-order valence-corrected chi connectivity index (χ3v) is 3.86. The Kier molecular flexibility index (Phi) is 9.20. The zero-order valence-corrected chi connectivity index (χ0v) is 17.0. The van der Waals surface area contributed by atoms with Gasteiger partial charge in [0.25, 0.3) is 5.69 Å². The lowest BCUT2D eigenvalue weighted by atomic mass is 10.2. The molecule has 0 spiro atoms. The summed E-state index contributed by atoms with van der Waals surface area (Å²) in [5.74, 6) is 0.0573. The molecule has 0 aliphatic heterocycles. The van der Waals surface area contributed by atoms with E-state index in [0.29, 0.717) is 22.0 Å². The summed E-state index contributed by atoms with van der Waals surface area (Å²) < 4.78 is 44.4. The minimum atomic E-state index is -4.74. The van der Waals surface area contributed by atoms with Gasteiger partial charge < -0.3 is 4.74 Å². The van der Waals surface area contributed by atoms with E-state index in [1.165, 1.54) is 48.5 Å². The number of nitro benzene ring substituents is 1. The van der Waals surface area contributed by atoms with Gasteiger partial charge in [-0.1, -0.05) is 27.7 Å². The maximum absolute atomic E-state index is 12.1. The molecule has 3 aromatic rings. The fourth-order valence-corrected chi connectivity index (χ4v) is 2.68. The van der Waals surface area contributed by atoms with Crippen molar-refractivity contribution in [1.82, 2.24) is 9.36 Å². The number of aromatic nitrogens is 2. The Bertz CT molecular complexity index is 896. The number of non-ortho nitro benzene ring substituents is 1. The maximum atomic E-state index is 12.1. The summed E-state index contributed by atoms with van der Waals surface area (Å²) in [5, 5.41) is 11.2. The standard InChI is InChI=1S/C15H8F3N3O3S.2C2H6/c16-15(17,18)24-12-7-3-10(4-8-12)14-19-13(20-25-14)9-1-5-11(6-2-9)21(22)23;2*1-2/h1-8H;2*1-2H3. The van der Waals surface area contributed by atoms with Crippen LogP contribution in [0.1, 0.15) is 27.7 Å². The third-order valence-electron chi connectivity index (χ3n) is 3.10. The van der Waals surface area contributed by atoms with Crippen molar-refractivity contribution in [2.75, 3.05) is 0 Å². The van der Waals surface area contributed by atoms with Crippen molar-refractivity contribution in [2.45, 2.75) is 34.1 Å². The van der Waals surface area contributed by atoms with Crippen LogP contribution in [-0.4, -0.2) is 20.6 Å². The molecule has 1 aromatic heterocycles. The summed E-state index contributed by atoms with van der Waals surface area (Å²) in [5.41, 5.74) is 1.14. The van der Waals surface area contributed by atoms with Gasteiger partial charge in [0.15, 0.2) is 5.82 Å².